The summed E-state index contributed by atoms with van der Waals surface area (Å²) in [6, 6.07) is -0.427. The molecule has 0 aromatic heterocycles. The maximum Gasteiger partial charge on any atom is 0.321 e. The Morgan fingerprint density at radius 1 is 0.875 bits per heavy atom. The Labute approximate surface area is 143 Å². The summed E-state index contributed by atoms with van der Waals surface area (Å²) < 4.78 is 0. The lowest BCUT2D eigenvalue weighted by atomic mass is 9.82. The highest BCUT2D eigenvalue weighted by atomic mass is 16.4. The summed E-state index contributed by atoms with van der Waals surface area (Å²) in [5, 5.41) is 14.1. The first-order valence-corrected chi connectivity index (χ1v) is 9.35. The molecule has 0 heterocycles. The van der Waals surface area contributed by atoms with E-state index in [2.05, 4.69) is 10.6 Å². The number of hydrogen-bond acceptors (Lipinski definition) is 3. The number of imide groups is 1. The van der Waals surface area contributed by atoms with Crippen LogP contribution in [0.25, 0.3) is 0 Å². The van der Waals surface area contributed by atoms with Crippen LogP contribution in [0.2, 0.25) is 0 Å². The standard InChI is InChI=1S/C18H30N2O4/c21-16(11-8-13-4-2-1-3-5-13)20-18(24)19-12-14-6-9-15(10-7-14)17(22)23/h13-15H,1-12H2,(H,22,23)(H2,19,20,21,24)/t14-,15-. The second kappa shape index (κ2) is 9.64. The second-order valence-corrected chi connectivity index (χ2v) is 7.36. The van der Waals surface area contributed by atoms with E-state index in [4.69, 9.17) is 5.11 Å². The minimum atomic E-state index is -0.720. The van der Waals surface area contributed by atoms with Gasteiger partial charge in [-0.2, -0.15) is 0 Å². The molecule has 2 fully saturated rings. The summed E-state index contributed by atoms with van der Waals surface area (Å²) in [7, 11) is 0. The third-order valence-corrected chi connectivity index (χ3v) is 5.50. The molecule has 0 spiro atoms. The monoisotopic (exact) mass is 338 g/mol. The minimum absolute atomic E-state index is 0.201. The molecule has 0 unspecified atom stereocenters. The molecule has 0 saturated heterocycles. The van der Waals surface area contributed by atoms with Gasteiger partial charge in [-0.15, -0.1) is 0 Å². The van der Waals surface area contributed by atoms with E-state index in [9.17, 15) is 14.4 Å². The van der Waals surface area contributed by atoms with E-state index in [1.807, 2.05) is 0 Å². The predicted molar refractivity (Wildman–Crippen MR) is 90.4 cm³/mol. The fourth-order valence-corrected chi connectivity index (χ4v) is 3.89. The highest BCUT2D eigenvalue weighted by molar-refractivity contribution is 5.94. The van der Waals surface area contributed by atoms with Crippen molar-refractivity contribution < 1.29 is 19.5 Å². The summed E-state index contributed by atoms with van der Waals surface area (Å²) in [4.78, 5) is 34.5. The number of nitrogens with one attached hydrogen (secondary N) is 2. The van der Waals surface area contributed by atoms with Gasteiger partial charge in [0.25, 0.3) is 0 Å². The van der Waals surface area contributed by atoms with E-state index in [1.165, 1.54) is 32.1 Å². The van der Waals surface area contributed by atoms with Crippen LogP contribution >= 0.6 is 0 Å². The maximum absolute atomic E-state index is 11.8. The number of carboxylic acid groups (broad SMARTS) is 1. The zero-order valence-electron chi connectivity index (χ0n) is 14.4. The molecule has 0 aromatic carbocycles. The van der Waals surface area contributed by atoms with Crippen LogP contribution in [-0.2, 0) is 9.59 Å². The molecule has 3 N–H and O–H groups in total. The Kier molecular flexibility index (Phi) is 7.53. The van der Waals surface area contributed by atoms with Gasteiger partial charge in [0.1, 0.15) is 0 Å². The molecule has 2 rings (SSSR count). The van der Waals surface area contributed by atoms with Gasteiger partial charge in [0.15, 0.2) is 0 Å². The predicted octanol–water partition coefficient (Wildman–Crippen LogP) is 3.06. The van der Waals surface area contributed by atoms with Crippen LogP contribution in [0.4, 0.5) is 4.79 Å². The van der Waals surface area contributed by atoms with Crippen LogP contribution in [0, 0.1) is 17.8 Å². The molecular weight excluding hydrogens is 308 g/mol. The summed E-state index contributed by atoms with van der Waals surface area (Å²) >= 11 is 0. The third-order valence-electron chi connectivity index (χ3n) is 5.50. The Bertz CT molecular complexity index is 438. The first-order valence-electron chi connectivity index (χ1n) is 9.35. The van der Waals surface area contributed by atoms with Crippen LogP contribution in [0.15, 0.2) is 0 Å². The molecule has 0 aliphatic heterocycles. The fourth-order valence-electron chi connectivity index (χ4n) is 3.89. The SMILES string of the molecule is O=C(CCC1CCCCC1)NC(=O)NC[C@H]1CC[C@H](C(=O)O)CC1. The molecule has 0 radical (unpaired) electrons. The van der Waals surface area contributed by atoms with Crippen LogP contribution in [0.1, 0.15) is 70.6 Å². The third kappa shape index (κ3) is 6.49. The fraction of sp³-hybridized carbons (Fsp3) is 0.833. The number of carboxylic acids is 1. The largest absolute Gasteiger partial charge is 0.481 e. The van der Waals surface area contributed by atoms with Gasteiger partial charge in [-0.05, 0) is 43.9 Å². The number of hydrogen-bond donors (Lipinski definition) is 3. The number of rotatable bonds is 6. The molecule has 136 valence electrons. The Morgan fingerprint density at radius 2 is 1.54 bits per heavy atom. The molecule has 24 heavy (non-hydrogen) atoms. The van der Waals surface area contributed by atoms with E-state index in [0.29, 0.717) is 37.6 Å². The van der Waals surface area contributed by atoms with Crippen molar-refractivity contribution in [2.24, 2.45) is 17.8 Å². The van der Waals surface area contributed by atoms with Crippen LogP contribution in [-0.4, -0.2) is 29.6 Å². The number of carbonyl (C=O) groups is 3. The average Bonchev–Trinajstić information content (AvgIpc) is 2.59. The Hall–Kier alpha value is -1.59. The normalized spacial score (nSPS) is 25.0. The maximum atomic E-state index is 11.8. The zero-order valence-corrected chi connectivity index (χ0v) is 14.4. The van der Waals surface area contributed by atoms with Crippen molar-refractivity contribution in [3.05, 3.63) is 0 Å². The highest BCUT2D eigenvalue weighted by Gasteiger charge is 2.26. The van der Waals surface area contributed by atoms with Crippen molar-refractivity contribution in [1.29, 1.82) is 0 Å². The smallest absolute Gasteiger partial charge is 0.321 e. The van der Waals surface area contributed by atoms with Crippen LogP contribution in [0.3, 0.4) is 0 Å². The molecule has 2 aliphatic rings. The van der Waals surface area contributed by atoms with Gasteiger partial charge < -0.3 is 10.4 Å². The lowest BCUT2D eigenvalue weighted by molar-refractivity contribution is -0.143. The van der Waals surface area contributed by atoms with Gasteiger partial charge in [-0.3, -0.25) is 14.9 Å². The van der Waals surface area contributed by atoms with E-state index in [0.717, 1.165) is 19.3 Å². The van der Waals surface area contributed by atoms with Crippen molar-refractivity contribution in [3.63, 3.8) is 0 Å². The van der Waals surface area contributed by atoms with Crippen molar-refractivity contribution in [1.82, 2.24) is 10.6 Å². The number of aliphatic carboxylic acids is 1. The molecule has 2 saturated carbocycles. The lowest BCUT2D eigenvalue weighted by Crippen LogP contribution is -2.42. The van der Waals surface area contributed by atoms with Crippen molar-refractivity contribution >= 4 is 17.9 Å². The van der Waals surface area contributed by atoms with Crippen molar-refractivity contribution in [2.75, 3.05) is 6.54 Å². The summed E-state index contributed by atoms with van der Waals surface area (Å²) in [5.74, 6) is -0.215. The molecule has 3 amide bonds. The zero-order chi connectivity index (χ0) is 17.4. The Morgan fingerprint density at radius 3 is 2.17 bits per heavy atom. The summed E-state index contributed by atoms with van der Waals surface area (Å²) in [6.45, 7) is 0.508. The van der Waals surface area contributed by atoms with Gasteiger partial charge in [0, 0.05) is 13.0 Å². The first kappa shape index (κ1) is 18.7. The first-order chi connectivity index (χ1) is 11.5. The van der Waals surface area contributed by atoms with Crippen LogP contribution in [0.5, 0.6) is 0 Å². The number of amides is 3. The minimum Gasteiger partial charge on any atom is -0.481 e. The van der Waals surface area contributed by atoms with E-state index in [-0.39, 0.29) is 11.8 Å². The van der Waals surface area contributed by atoms with Gasteiger partial charge in [-0.1, -0.05) is 32.1 Å². The topological polar surface area (TPSA) is 95.5 Å². The second-order valence-electron chi connectivity index (χ2n) is 7.36. The summed E-state index contributed by atoms with van der Waals surface area (Å²) in [5.41, 5.74) is 0. The van der Waals surface area contributed by atoms with Gasteiger partial charge in [-0.25, -0.2) is 4.79 Å². The van der Waals surface area contributed by atoms with Gasteiger partial charge in [0.2, 0.25) is 5.91 Å². The average molecular weight is 338 g/mol. The lowest BCUT2D eigenvalue weighted by Gasteiger charge is -2.26. The van der Waals surface area contributed by atoms with Crippen molar-refractivity contribution in [2.45, 2.75) is 70.6 Å². The quantitative estimate of drug-likeness (QED) is 0.693. The number of urea groups is 1. The molecule has 6 heteroatoms. The summed E-state index contributed by atoms with van der Waals surface area (Å²) in [6.07, 6.45) is 10.5. The van der Waals surface area contributed by atoms with Gasteiger partial charge in [0.05, 0.1) is 5.92 Å². The van der Waals surface area contributed by atoms with Gasteiger partial charge >= 0.3 is 12.0 Å². The van der Waals surface area contributed by atoms with E-state index < -0.39 is 12.0 Å². The molecule has 2 aliphatic carbocycles. The molecule has 0 bridgehead atoms. The van der Waals surface area contributed by atoms with E-state index in [1.54, 1.807) is 0 Å². The highest BCUT2D eigenvalue weighted by Crippen LogP contribution is 2.28. The van der Waals surface area contributed by atoms with Crippen molar-refractivity contribution in [3.8, 4) is 0 Å². The Balaban J connectivity index is 1.56. The molecule has 0 aromatic rings. The molecule has 6 nitrogen and oxygen atoms in total. The molecular formula is C18H30N2O4. The van der Waals surface area contributed by atoms with E-state index >= 15 is 0 Å². The van der Waals surface area contributed by atoms with Crippen LogP contribution < -0.4 is 10.6 Å². The number of carbonyl (C=O) groups excluding carboxylic acids is 2. The molecule has 0 atom stereocenters.